The molecule has 0 aromatic rings. The minimum atomic E-state index is -0.445. The van der Waals surface area contributed by atoms with Gasteiger partial charge in [-0.2, -0.15) is 5.26 Å². The molecule has 1 saturated heterocycles. The van der Waals surface area contributed by atoms with Crippen LogP contribution in [0.4, 0.5) is 0 Å². The van der Waals surface area contributed by atoms with Gasteiger partial charge >= 0.3 is 0 Å². The molecule has 2 N–H and O–H groups in total. The van der Waals surface area contributed by atoms with E-state index in [-0.39, 0.29) is 11.9 Å². The smallest absolute Gasteiger partial charge is 0.240 e. The molecule has 1 aliphatic heterocycles. The summed E-state index contributed by atoms with van der Waals surface area (Å²) in [5.74, 6) is 0.347. The Morgan fingerprint density at radius 3 is 2.87 bits per heavy atom. The van der Waals surface area contributed by atoms with Crippen LogP contribution in [-0.2, 0) is 4.79 Å². The van der Waals surface area contributed by atoms with E-state index in [4.69, 9.17) is 11.0 Å². The number of hydrogen-bond donors (Lipinski definition) is 1. The second-order valence-electron chi connectivity index (χ2n) is 4.55. The SMILES string of the molecule is CC(C)C[C@H](N)C(=O)N1CCCC1C#N. The van der Waals surface area contributed by atoms with Crippen molar-refractivity contribution in [2.24, 2.45) is 11.7 Å². The summed E-state index contributed by atoms with van der Waals surface area (Å²) in [6.45, 7) is 4.76. The zero-order valence-corrected chi connectivity index (χ0v) is 9.44. The second kappa shape index (κ2) is 5.13. The van der Waals surface area contributed by atoms with Crippen molar-refractivity contribution in [1.29, 1.82) is 5.26 Å². The maximum atomic E-state index is 11.9. The largest absolute Gasteiger partial charge is 0.325 e. The van der Waals surface area contributed by atoms with Crippen molar-refractivity contribution in [3.63, 3.8) is 0 Å². The average molecular weight is 209 g/mol. The van der Waals surface area contributed by atoms with Crippen LogP contribution in [0.1, 0.15) is 33.1 Å². The monoisotopic (exact) mass is 209 g/mol. The predicted octanol–water partition coefficient (Wildman–Crippen LogP) is 0.874. The lowest BCUT2D eigenvalue weighted by Gasteiger charge is -2.24. The summed E-state index contributed by atoms with van der Waals surface area (Å²) in [7, 11) is 0. The number of rotatable bonds is 3. The Hall–Kier alpha value is -1.08. The first-order valence-electron chi connectivity index (χ1n) is 5.52. The van der Waals surface area contributed by atoms with Gasteiger partial charge in [-0.25, -0.2) is 0 Å². The van der Waals surface area contributed by atoms with Crippen LogP contribution in [0, 0.1) is 17.2 Å². The van der Waals surface area contributed by atoms with E-state index in [0.717, 1.165) is 12.8 Å². The molecule has 1 heterocycles. The van der Waals surface area contributed by atoms with Gasteiger partial charge in [0, 0.05) is 6.54 Å². The molecule has 4 heteroatoms. The highest BCUT2D eigenvalue weighted by Gasteiger charge is 2.31. The van der Waals surface area contributed by atoms with Crippen LogP contribution in [0.3, 0.4) is 0 Å². The Balaban J connectivity index is 2.56. The average Bonchev–Trinajstić information content (AvgIpc) is 2.62. The van der Waals surface area contributed by atoms with E-state index in [1.54, 1.807) is 4.90 Å². The van der Waals surface area contributed by atoms with Crippen LogP contribution in [-0.4, -0.2) is 29.4 Å². The first-order valence-corrected chi connectivity index (χ1v) is 5.52. The Bertz CT molecular complexity index is 269. The molecule has 84 valence electrons. The van der Waals surface area contributed by atoms with Gasteiger partial charge in [0.25, 0.3) is 0 Å². The van der Waals surface area contributed by atoms with Crippen molar-refractivity contribution < 1.29 is 4.79 Å². The molecule has 0 aliphatic carbocycles. The number of carbonyl (C=O) groups is 1. The van der Waals surface area contributed by atoms with Crippen LogP contribution >= 0.6 is 0 Å². The summed E-state index contributed by atoms with van der Waals surface area (Å²) in [5.41, 5.74) is 5.81. The topological polar surface area (TPSA) is 70.1 Å². The minimum Gasteiger partial charge on any atom is -0.325 e. The van der Waals surface area contributed by atoms with E-state index in [0.29, 0.717) is 18.9 Å². The van der Waals surface area contributed by atoms with Crippen LogP contribution in [0.2, 0.25) is 0 Å². The van der Waals surface area contributed by atoms with E-state index in [1.165, 1.54) is 0 Å². The third-order valence-electron chi connectivity index (χ3n) is 2.73. The fourth-order valence-electron chi connectivity index (χ4n) is 1.99. The third-order valence-corrected chi connectivity index (χ3v) is 2.73. The molecule has 1 fully saturated rings. The molecule has 0 radical (unpaired) electrons. The van der Waals surface area contributed by atoms with Gasteiger partial charge in [0.05, 0.1) is 12.1 Å². The van der Waals surface area contributed by atoms with Crippen molar-refractivity contribution in [1.82, 2.24) is 4.90 Å². The van der Waals surface area contributed by atoms with Gasteiger partial charge in [0.15, 0.2) is 0 Å². The summed E-state index contributed by atoms with van der Waals surface area (Å²) in [6, 6.07) is 1.45. The maximum Gasteiger partial charge on any atom is 0.240 e. The first-order chi connectivity index (χ1) is 7.06. The van der Waals surface area contributed by atoms with Crippen molar-refractivity contribution in [3.8, 4) is 6.07 Å². The van der Waals surface area contributed by atoms with Crippen LogP contribution < -0.4 is 5.73 Å². The normalized spacial score (nSPS) is 22.9. The molecule has 0 aromatic carbocycles. The van der Waals surface area contributed by atoms with Gasteiger partial charge in [0.1, 0.15) is 6.04 Å². The second-order valence-corrected chi connectivity index (χ2v) is 4.55. The molecule has 1 amide bonds. The summed E-state index contributed by atoms with van der Waals surface area (Å²) < 4.78 is 0. The lowest BCUT2D eigenvalue weighted by Crippen LogP contribution is -2.46. The molecular weight excluding hydrogens is 190 g/mol. The molecule has 1 rings (SSSR count). The first kappa shape index (κ1) is 12.0. The molecule has 0 bridgehead atoms. The highest BCUT2D eigenvalue weighted by molar-refractivity contribution is 5.82. The molecule has 1 unspecified atom stereocenters. The number of hydrogen-bond acceptors (Lipinski definition) is 3. The Morgan fingerprint density at radius 2 is 2.33 bits per heavy atom. The van der Waals surface area contributed by atoms with Gasteiger partial charge in [0.2, 0.25) is 5.91 Å². The molecule has 2 atom stereocenters. The van der Waals surface area contributed by atoms with Gasteiger partial charge in [-0.05, 0) is 25.2 Å². The molecule has 0 spiro atoms. The van der Waals surface area contributed by atoms with Crippen molar-refractivity contribution in [2.45, 2.75) is 45.2 Å². The third kappa shape index (κ3) is 2.93. The fraction of sp³-hybridized carbons (Fsp3) is 0.818. The van der Waals surface area contributed by atoms with Crippen LogP contribution in [0.5, 0.6) is 0 Å². The number of amides is 1. The number of likely N-dealkylation sites (tertiary alicyclic amines) is 1. The standard InChI is InChI=1S/C11H19N3O/c1-8(2)6-10(13)11(15)14-5-3-4-9(14)7-12/h8-10H,3-6,13H2,1-2H3/t9?,10-/m0/s1. The Labute approximate surface area is 91.0 Å². The molecule has 1 aliphatic rings. The molecule has 15 heavy (non-hydrogen) atoms. The quantitative estimate of drug-likeness (QED) is 0.750. The summed E-state index contributed by atoms with van der Waals surface area (Å²) >= 11 is 0. The number of nitriles is 1. The molecule has 0 saturated carbocycles. The van der Waals surface area contributed by atoms with E-state index < -0.39 is 6.04 Å². The van der Waals surface area contributed by atoms with E-state index in [9.17, 15) is 4.79 Å². The molecular formula is C11H19N3O. The molecule has 0 aromatic heterocycles. The zero-order valence-electron chi connectivity index (χ0n) is 9.44. The van der Waals surface area contributed by atoms with E-state index in [2.05, 4.69) is 6.07 Å². The summed E-state index contributed by atoms with van der Waals surface area (Å²) in [6.07, 6.45) is 2.39. The van der Waals surface area contributed by atoms with E-state index in [1.807, 2.05) is 13.8 Å². The van der Waals surface area contributed by atoms with Crippen molar-refractivity contribution in [2.75, 3.05) is 6.54 Å². The number of carbonyl (C=O) groups excluding carboxylic acids is 1. The Kier molecular flexibility index (Phi) is 4.10. The van der Waals surface area contributed by atoms with Crippen molar-refractivity contribution >= 4 is 5.91 Å². The predicted molar refractivity (Wildman–Crippen MR) is 57.8 cm³/mol. The fourth-order valence-corrected chi connectivity index (χ4v) is 1.99. The summed E-state index contributed by atoms with van der Waals surface area (Å²) in [5, 5.41) is 8.86. The number of nitrogens with two attached hydrogens (primary N) is 1. The number of nitrogens with zero attached hydrogens (tertiary/aromatic N) is 2. The molecule has 4 nitrogen and oxygen atoms in total. The van der Waals surface area contributed by atoms with Crippen LogP contribution in [0.15, 0.2) is 0 Å². The van der Waals surface area contributed by atoms with Gasteiger partial charge in [-0.3, -0.25) is 4.79 Å². The summed E-state index contributed by atoms with van der Waals surface area (Å²) in [4.78, 5) is 13.5. The van der Waals surface area contributed by atoms with E-state index >= 15 is 0 Å². The Morgan fingerprint density at radius 1 is 1.67 bits per heavy atom. The van der Waals surface area contributed by atoms with Gasteiger partial charge < -0.3 is 10.6 Å². The van der Waals surface area contributed by atoms with Crippen molar-refractivity contribution in [3.05, 3.63) is 0 Å². The zero-order chi connectivity index (χ0) is 11.4. The minimum absolute atomic E-state index is 0.0623. The van der Waals surface area contributed by atoms with Gasteiger partial charge in [-0.1, -0.05) is 13.8 Å². The van der Waals surface area contributed by atoms with Gasteiger partial charge in [-0.15, -0.1) is 0 Å². The highest BCUT2D eigenvalue weighted by atomic mass is 16.2. The van der Waals surface area contributed by atoms with Crippen LogP contribution in [0.25, 0.3) is 0 Å². The lowest BCUT2D eigenvalue weighted by atomic mass is 10.0. The lowest BCUT2D eigenvalue weighted by molar-refractivity contribution is -0.132. The maximum absolute atomic E-state index is 11.9. The highest BCUT2D eigenvalue weighted by Crippen LogP contribution is 2.18.